The van der Waals surface area contributed by atoms with Crippen LogP contribution in [0.4, 0.5) is 5.00 Å². The first-order chi connectivity index (χ1) is 13.0. The maximum Gasteiger partial charge on any atom is 0.340 e. The van der Waals surface area contributed by atoms with Crippen molar-refractivity contribution >= 4 is 34.1 Å². The highest BCUT2D eigenvalue weighted by molar-refractivity contribution is 7.14. The molecule has 8 heteroatoms. The molecule has 0 aliphatic carbocycles. The average Bonchev–Trinajstić information content (AvgIpc) is 3.29. The van der Waals surface area contributed by atoms with Crippen molar-refractivity contribution in [2.24, 2.45) is 5.73 Å². The second-order valence-electron chi connectivity index (χ2n) is 6.27. The first-order valence-electron chi connectivity index (χ1n) is 8.58. The van der Waals surface area contributed by atoms with Crippen molar-refractivity contribution in [3.8, 4) is 0 Å². The third-order valence-corrected chi connectivity index (χ3v) is 5.39. The Hall–Kier alpha value is -2.71. The van der Waals surface area contributed by atoms with Crippen molar-refractivity contribution in [3.05, 3.63) is 52.9 Å². The lowest BCUT2D eigenvalue weighted by molar-refractivity contribution is -0.127. The van der Waals surface area contributed by atoms with Gasteiger partial charge in [0.1, 0.15) is 11.0 Å². The predicted molar refractivity (Wildman–Crippen MR) is 103 cm³/mol. The summed E-state index contributed by atoms with van der Waals surface area (Å²) in [6.45, 7) is 0.419. The Labute approximate surface area is 161 Å². The van der Waals surface area contributed by atoms with Crippen molar-refractivity contribution in [3.63, 3.8) is 0 Å². The zero-order valence-corrected chi connectivity index (χ0v) is 15.7. The summed E-state index contributed by atoms with van der Waals surface area (Å²) >= 11 is 1.29. The quantitative estimate of drug-likeness (QED) is 0.728. The SMILES string of the molecule is COC(=O)c1ccsc1N1CCC(NC(=O)[C@@H](N)Cc2ccccc2)C1=O. The van der Waals surface area contributed by atoms with Crippen molar-refractivity contribution in [2.45, 2.75) is 24.9 Å². The van der Waals surface area contributed by atoms with Gasteiger partial charge >= 0.3 is 5.97 Å². The number of methoxy groups -OCH3 is 1. The van der Waals surface area contributed by atoms with E-state index in [-0.39, 0.29) is 11.8 Å². The molecule has 1 aliphatic rings. The third kappa shape index (κ3) is 4.17. The Kier molecular flexibility index (Phi) is 5.88. The van der Waals surface area contributed by atoms with Crippen LogP contribution in [0.2, 0.25) is 0 Å². The molecule has 0 saturated carbocycles. The van der Waals surface area contributed by atoms with E-state index in [0.717, 1.165) is 5.56 Å². The summed E-state index contributed by atoms with van der Waals surface area (Å²) in [6, 6.07) is 9.72. The molecule has 1 aromatic heterocycles. The lowest BCUT2D eigenvalue weighted by atomic mass is 10.1. The maximum absolute atomic E-state index is 12.7. The van der Waals surface area contributed by atoms with E-state index in [1.807, 2.05) is 30.3 Å². The van der Waals surface area contributed by atoms with Crippen LogP contribution in [-0.2, 0) is 20.7 Å². The van der Waals surface area contributed by atoms with Crippen LogP contribution in [0.3, 0.4) is 0 Å². The molecule has 2 heterocycles. The first kappa shape index (κ1) is 19.1. The number of nitrogens with one attached hydrogen (secondary N) is 1. The summed E-state index contributed by atoms with van der Waals surface area (Å²) in [4.78, 5) is 38.5. The number of benzene rings is 1. The number of rotatable bonds is 6. The van der Waals surface area contributed by atoms with Gasteiger partial charge < -0.3 is 20.7 Å². The van der Waals surface area contributed by atoms with Gasteiger partial charge in [0.2, 0.25) is 11.8 Å². The Balaban J connectivity index is 1.63. The minimum atomic E-state index is -0.735. The Morgan fingerprint density at radius 2 is 2.07 bits per heavy atom. The topological polar surface area (TPSA) is 102 Å². The van der Waals surface area contributed by atoms with Gasteiger partial charge in [0, 0.05) is 6.54 Å². The van der Waals surface area contributed by atoms with Gasteiger partial charge in [0.05, 0.1) is 18.7 Å². The molecule has 1 unspecified atom stereocenters. The summed E-state index contributed by atoms with van der Waals surface area (Å²) in [5.41, 5.74) is 7.30. The number of thiophene rings is 1. The molecule has 2 amide bonds. The molecule has 3 N–H and O–H groups in total. The Bertz CT molecular complexity index is 836. The number of carbonyl (C=O) groups excluding carboxylic acids is 3. The van der Waals surface area contributed by atoms with Gasteiger partial charge in [-0.05, 0) is 29.9 Å². The molecule has 1 fully saturated rings. The van der Waals surface area contributed by atoms with E-state index in [0.29, 0.717) is 30.0 Å². The predicted octanol–water partition coefficient (Wildman–Crippen LogP) is 1.33. The summed E-state index contributed by atoms with van der Waals surface area (Å²) in [5, 5.41) is 5.01. The standard InChI is InChI=1S/C19H21N3O4S/c1-26-19(25)13-8-10-27-18(13)22-9-7-15(17(22)24)21-16(23)14(20)11-12-5-3-2-4-6-12/h2-6,8,10,14-15H,7,9,11,20H2,1H3,(H,21,23)/t14-,15?/m0/s1. The number of hydrogen-bond donors (Lipinski definition) is 2. The number of nitrogens with two attached hydrogens (primary N) is 1. The van der Waals surface area contributed by atoms with E-state index in [9.17, 15) is 14.4 Å². The second-order valence-corrected chi connectivity index (χ2v) is 7.16. The van der Waals surface area contributed by atoms with Gasteiger partial charge in [-0.15, -0.1) is 11.3 Å². The fourth-order valence-corrected chi connectivity index (χ4v) is 3.95. The molecule has 0 radical (unpaired) electrons. The van der Waals surface area contributed by atoms with Gasteiger partial charge in [0.25, 0.3) is 0 Å². The van der Waals surface area contributed by atoms with Crippen LogP contribution in [-0.4, -0.2) is 43.5 Å². The summed E-state index contributed by atoms with van der Waals surface area (Å²) in [7, 11) is 1.30. The molecule has 3 rings (SSSR count). The summed E-state index contributed by atoms with van der Waals surface area (Å²) < 4.78 is 4.75. The molecule has 1 aliphatic heterocycles. The fraction of sp³-hybridized carbons (Fsp3) is 0.316. The number of nitrogens with zero attached hydrogens (tertiary/aromatic N) is 1. The van der Waals surface area contributed by atoms with Gasteiger partial charge in [-0.3, -0.25) is 9.59 Å². The van der Waals surface area contributed by atoms with Crippen molar-refractivity contribution in [1.82, 2.24) is 5.32 Å². The highest BCUT2D eigenvalue weighted by Crippen LogP contribution is 2.31. The number of esters is 1. The normalized spacial score (nSPS) is 17.6. The number of ether oxygens (including phenoxy) is 1. The molecule has 2 aromatic rings. The van der Waals surface area contributed by atoms with Crippen LogP contribution in [0.5, 0.6) is 0 Å². The van der Waals surface area contributed by atoms with Crippen LogP contribution in [0.15, 0.2) is 41.8 Å². The van der Waals surface area contributed by atoms with Crippen LogP contribution in [0.1, 0.15) is 22.3 Å². The minimum Gasteiger partial charge on any atom is -0.465 e. The second kappa shape index (κ2) is 8.32. The van der Waals surface area contributed by atoms with E-state index in [4.69, 9.17) is 10.5 Å². The van der Waals surface area contributed by atoms with Crippen LogP contribution in [0, 0.1) is 0 Å². The van der Waals surface area contributed by atoms with Crippen molar-refractivity contribution in [1.29, 1.82) is 0 Å². The van der Waals surface area contributed by atoms with Gasteiger partial charge in [-0.25, -0.2) is 4.79 Å². The lowest BCUT2D eigenvalue weighted by Crippen LogP contribution is -2.49. The monoisotopic (exact) mass is 387 g/mol. The molecule has 2 atom stereocenters. The molecule has 1 saturated heterocycles. The van der Waals surface area contributed by atoms with Gasteiger partial charge in [-0.2, -0.15) is 0 Å². The molecule has 27 heavy (non-hydrogen) atoms. The zero-order chi connectivity index (χ0) is 19.4. The van der Waals surface area contributed by atoms with E-state index in [1.54, 1.807) is 11.4 Å². The molecular weight excluding hydrogens is 366 g/mol. The minimum absolute atomic E-state index is 0.247. The number of hydrogen-bond acceptors (Lipinski definition) is 6. The molecule has 0 spiro atoms. The van der Waals surface area contributed by atoms with Crippen LogP contribution in [0.25, 0.3) is 0 Å². The highest BCUT2D eigenvalue weighted by Gasteiger charge is 2.36. The van der Waals surface area contributed by atoms with E-state index < -0.39 is 18.1 Å². The molecule has 7 nitrogen and oxygen atoms in total. The smallest absolute Gasteiger partial charge is 0.340 e. The van der Waals surface area contributed by atoms with E-state index in [1.165, 1.54) is 23.3 Å². The summed E-state index contributed by atoms with van der Waals surface area (Å²) in [6.07, 6.45) is 0.857. The number of carbonyl (C=O) groups is 3. The number of amides is 2. The van der Waals surface area contributed by atoms with Crippen molar-refractivity contribution < 1.29 is 19.1 Å². The number of anilines is 1. The van der Waals surface area contributed by atoms with Crippen molar-refractivity contribution in [2.75, 3.05) is 18.6 Å². The summed E-state index contributed by atoms with van der Waals surface area (Å²) in [5.74, 6) is -1.10. The molecular formula is C19H21N3O4S. The zero-order valence-electron chi connectivity index (χ0n) is 14.9. The van der Waals surface area contributed by atoms with Gasteiger partial charge in [-0.1, -0.05) is 30.3 Å². The average molecular weight is 387 g/mol. The Morgan fingerprint density at radius 1 is 1.33 bits per heavy atom. The maximum atomic E-state index is 12.7. The largest absolute Gasteiger partial charge is 0.465 e. The molecule has 142 valence electrons. The van der Waals surface area contributed by atoms with E-state index >= 15 is 0 Å². The van der Waals surface area contributed by atoms with Crippen LogP contribution >= 0.6 is 11.3 Å². The van der Waals surface area contributed by atoms with Gasteiger partial charge in [0.15, 0.2) is 0 Å². The fourth-order valence-electron chi connectivity index (χ4n) is 3.03. The third-order valence-electron chi connectivity index (χ3n) is 4.45. The van der Waals surface area contributed by atoms with Crippen LogP contribution < -0.4 is 16.0 Å². The molecule has 1 aromatic carbocycles. The van der Waals surface area contributed by atoms with E-state index in [2.05, 4.69) is 5.32 Å². The highest BCUT2D eigenvalue weighted by atomic mass is 32.1. The Morgan fingerprint density at radius 3 is 2.78 bits per heavy atom. The first-order valence-corrected chi connectivity index (χ1v) is 9.46. The molecule has 0 bridgehead atoms. The lowest BCUT2D eigenvalue weighted by Gasteiger charge is -2.18.